The van der Waals surface area contributed by atoms with E-state index in [4.69, 9.17) is 0 Å². The lowest BCUT2D eigenvalue weighted by atomic mass is 10.0. The first kappa shape index (κ1) is 21.6. The molecule has 0 fully saturated rings. The molecule has 0 saturated heterocycles. The largest absolute Gasteiger partial charge is 0.349 e. The number of Topliss-reactive ketones (excluding diaryl/α,β-unsaturated/α-hetero) is 1. The predicted molar refractivity (Wildman–Crippen MR) is 118 cm³/mol. The van der Waals surface area contributed by atoms with E-state index in [1.807, 2.05) is 61.5 Å². The van der Waals surface area contributed by atoms with Crippen molar-refractivity contribution in [2.24, 2.45) is 4.99 Å². The van der Waals surface area contributed by atoms with Gasteiger partial charge in [0, 0.05) is 13.0 Å². The average Bonchev–Trinajstić information content (AvgIpc) is 2.78. The van der Waals surface area contributed by atoms with E-state index in [2.05, 4.69) is 20.3 Å². The first-order valence-electron chi connectivity index (χ1n) is 9.86. The number of carbonyl (C=O) groups excluding carboxylic acids is 3. The van der Waals surface area contributed by atoms with Gasteiger partial charge < -0.3 is 15.4 Å². The summed E-state index contributed by atoms with van der Waals surface area (Å²) in [5, 5.41) is 5.31. The zero-order valence-electron chi connectivity index (χ0n) is 16.7. The predicted octanol–water partition coefficient (Wildman–Crippen LogP) is 2.54. The number of ketones is 1. The van der Waals surface area contributed by atoms with Crippen LogP contribution in [0.15, 0.2) is 64.5 Å². The minimum atomic E-state index is -0.992. The van der Waals surface area contributed by atoms with Crippen LogP contribution in [0.2, 0.25) is 0 Å². The summed E-state index contributed by atoms with van der Waals surface area (Å²) in [5.41, 5.74) is 1.52. The SMILES string of the molecule is CCCCNC(=O)C(=O)[C@H](Cc1ccccc1)NC(=O)C1=Nc2ccccc2SN1. The van der Waals surface area contributed by atoms with Crippen LogP contribution >= 0.6 is 11.9 Å². The van der Waals surface area contributed by atoms with Crippen molar-refractivity contribution in [2.45, 2.75) is 37.1 Å². The summed E-state index contributed by atoms with van der Waals surface area (Å²) in [5.74, 6) is -1.81. The number of hydrogen-bond donors (Lipinski definition) is 3. The van der Waals surface area contributed by atoms with Gasteiger partial charge in [0.25, 0.3) is 11.8 Å². The highest BCUT2D eigenvalue weighted by molar-refractivity contribution is 7.98. The highest BCUT2D eigenvalue weighted by Crippen LogP contribution is 2.30. The van der Waals surface area contributed by atoms with Crippen molar-refractivity contribution >= 4 is 41.1 Å². The van der Waals surface area contributed by atoms with Gasteiger partial charge in [-0.2, -0.15) is 0 Å². The number of unbranched alkanes of at least 4 members (excludes halogenated alkanes) is 1. The lowest BCUT2D eigenvalue weighted by Gasteiger charge is -2.20. The van der Waals surface area contributed by atoms with Crippen molar-refractivity contribution in [2.75, 3.05) is 6.54 Å². The fourth-order valence-electron chi connectivity index (χ4n) is 2.89. The van der Waals surface area contributed by atoms with E-state index in [1.54, 1.807) is 0 Å². The third-order valence-corrected chi connectivity index (χ3v) is 5.37. The highest BCUT2D eigenvalue weighted by Gasteiger charge is 2.29. The first-order valence-corrected chi connectivity index (χ1v) is 10.7. The molecule has 0 unspecified atom stereocenters. The zero-order valence-corrected chi connectivity index (χ0v) is 17.5. The molecule has 2 aromatic rings. The monoisotopic (exact) mass is 424 g/mol. The number of amidine groups is 1. The molecule has 2 aromatic carbocycles. The number of benzene rings is 2. The molecule has 1 atom stereocenters. The molecule has 0 radical (unpaired) electrons. The topological polar surface area (TPSA) is 99.7 Å². The molecular formula is C22H24N4O3S. The summed E-state index contributed by atoms with van der Waals surface area (Å²) in [4.78, 5) is 43.1. The quantitative estimate of drug-likeness (QED) is 0.326. The average molecular weight is 425 g/mol. The van der Waals surface area contributed by atoms with Crippen LogP contribution in [0.4, 0.5) is 5.69 Å². The normalized spacial score (nSPS) is 13.3. The number of nitrogens with one attached hydrogen (secondary N) is 3. The molecule has 7 nitrogen and oxygen atoms in total. The smallest absolute Gasteiger partial charge is 0.289 e. The Labute approximate surface area is 179 Å². The zero-order chi connectivity index (χ0) is 21.3. The maximum absolute atomic E-state index is 12.8. The van der Waals surface area contributed by atoms with E-state index >= 15 is 0 Å². The standard InChI is InChI=1S/C22H24N4O3S/c1-2-3-13-23-21(28)19(27)17(14-15-9-5-4-6-10-15)25-22(29)20-24-16-11-7-8-12-18(16)30-26-20/h4-12,17H,2-3,13-14H2,1H3,(H,23,28)(H,24,26)(H,25,29)/t17-/m0/s1. The van der Waals surface area contributed by atoms with Crippen LogP contribution in [0.1, 0.15) is 25.3 Å². The molecule has 156 valence electrons. The van der Waals surface area contributed by atoms with Gasteiger partial charge in [-0.1, -0.05) is 55.8 Å². The van der Waals surface area contributed by atoms with Crippen LogP contribution in [0.5, 0.6) is 0 Å². The van der Waals surface area contributed by atoms with Gasteiger partial charge in [0.15, 0.2) is 0 Å². The second-order valence-electron chi connectivity index (χ2n) is 6.82. The van der Waals surface area contributed by atoms with Crippen molar-refractivity contribution in [3.05, 3.63) is 60.2 Å². The molecule has 0 aliphatic carbocycles. The Bertz CT molecular complexity index is 946. The fraction of sp³-hybridized carbons (Fsp3) is 0.273. The summed E-state index contributed by atoms with van der Waals surface area (Å²) >= 11 is 1.28. The summed E-state index contributed by atoms with van der Waals surface area (Å²) in [6.45, 7) is 2.43. The van der Waals surface area contributed by atoms with Crippen molar-refractivity contribution in [1.82, 2.24) is 15.4 Å². The minimum Gasteiger partial charge on any atom is -0.349 e. The van der Waals surface area contributed by atoms with Crippen LogP contribution in [-0.4, -0.2) is 36.0 Å². The Morgan fingerprint density at radius 3 is 2.57 bits per heavy atom. The fourth-order valence-corrected chi connectivity index (χ4v) is 3.60. The number of aliphatic imine (C=N–C) groups is 1. The Morgan fingerprint density at radius 2 is 1.80 bits per heavy atom. The number of para-hydroxylation sites is 1. The molecule has 0 spiro atoms. The maximum Gasteiger partial charge on any atom is 0.289 e. The number of fused-ring (bicyclic) bond motifs is 1. The first-order chi connectivity index (χ1) is 14.6. The van der Waals surface area contributed by atoms with E-state index in [1.165, 1.54) is 11.9 Å². The van der Waals surface area contributed by atoms with E-state index in [9.17, 15) is 14.4 Å². The molecule has 1 heterocycles. The van der Waals surface area contributed by atoms with E-state index in [0.29, 0.717) is 12.2 Å². The molecule has 0 aromatic heterocycles. The van der Waals surface area contributed by atoms with Crippen LogP contribution < -0.4 is 15.4 Å². The molecule has 1 aliphatic rings. The molecule has 0 bridgehead atoms. The lowest BCUT2D eigenvalue weighted by Crippen LogP contribution is -2.52. The second kappa shape index (κ2) is 10.6. The number of nitrogens with zero attached hydrogens (tertiary/aromatic N) is 1. The van der Waals surface area contributed by atoms with Crippen LogP contribution in [0.3, 0.4) is 0 Å². The third kappa shape index (κ3) is 5.70. The van der Waals surface area contributed by atoms with Crippen molar-refractivity contribution in [3.63, 3.8) is 0 Å². The number of rotatable bonds is 9. The third-order valence-electron chi connectivity index (χ3n) is 4.51. The summed E-state index contributed by atoms with van der Waals surface area (Å²) < 4.78 is 2.90. The van der Waals surface area contributed by atoms with Gasteiger partial charge in [-0.25, -0.2) is 4.99 Å². The van der Waals surface area contributed by atoms with Gasteiger partial charge >= 0.3 is 0 Å². The molecule has 3 rings (SSSR count). The minimum absolute atomic E-state index is 0.0935. The Balaban J connectivity index is 1.74. The molecule has 3 N–H and O–H groups in total. The Morgan fingerprint density at radius 1 is 1.07 bits per heavy atom. The van der Waals surface area contributed by atoms with Gasteiger partial charge in [0.1, 0.15) is 6.04 Å². The van der Waals surface area contributed by atoms with Crippen molar-refractivity contribution < 1.29 is 14.4 Å². The second-order valence-corrected chi connectivity index (χ2v) is 7.67. The van der Waals surface area contributed by atoms with E-state index in [0.717, 1.165) is 23.3 Å². The van der Waals surface area contributed by atoms with E-state index in [-0.39, 0.29) is 12.3 Å². The van der Waals surface area contributed by atoms with Gasteiger partial charge in [0.2, 0.25) is 11.6 Å². The van der Waals surface area contributed by atoms with Gasteiger partial charge in [-0.05, 0) is 36.1 Å². The molecule has 0 saturated carbocycles. The number of amides is 2. The van der Waals surface area contributed by atoms with Crippen molar-refractivity contribution in [3.8, 4) is 0 Å². The van der Waals surface area contributed by atoms with Gasteiger partial charge in [-0.3, -0.25) is 14.4 Å². The molecule has 8 heteroatoms. The number of hydrogen-bond acceptors (Lipinski definition) is 6. The van der Waals surface area contributed by atoms with Crippen LogP contribution in [0, 0.1) is 0 Å². The summed E-state index contributed by atoms with van der Waals surface area (Å²) in [6.07, 6.45) is 1.90. The summed E-state index contributed by atoms with van der Waals surface area (Å²) in [7, 11) is 0. The van der Waals surface area contributed by atoms with Gasteiger partial charge in [-0.15, -0.1) is 0 Å². The Hall–Kier alpha value is -3.13. The lowest BCUT2D eigenvalue weighted by molar-refractivity contribution is -0.139. The van der Waals surface area contributed by atoms with E-state index < -0.39 is 23.6 Å². The maximum atomic E-state index is 12.8. The number of carbonyl (C=O) groups is 3. The molecule has 2 amide bonds. The van der Waals surface area contributed by atoms with Crippen molar-refractivity contribution in [1.29, 1.82) is 0 Å². The van der Waals surface area contributed by atoms with Gasteiger partial charge in [0.05, 0.1) is 10.6 Å². The summed E-state index contributed by atoms with van der Waals surface area (Å²) in [6, 6.07) is 15.7. The molecule has 30 heavy (non-hydrogen) atoms. The molecule has 1 aliphatic heterocycles. The Kier molecular flexibility index (Phi) is 7.62. The van der Waals surface area contributed by atoms with Crippen LogP contribution in [0.25, 0.3) is 0 Å². The highest BCUT2D eigenvalue weighted by atomic mass is 32.2. The molecular weight excluding hydrogens is 400 g/mol. The van der Waals surface area contributed by atoms with Crippen LogP contribution in [-0.2, 0) is 20.8 Å².